The Morgan fingerprint density at radius 2 is 1.72 bits per heavy atom. The van der Waals surface area contributed by atoms with Crippen LogP contribution in [-0.2, 0) is 12.8 Å². The van der Waals surface area contributed by atoms with Gasteiger partial charge in [-0.05, 0) is 60.9 Å². The number of carbonyl (C=O) groups is 1. The van der Waals surface area contributed by atoms with Gasteiger partial charge in [0.05, 0.1) is 17.9 Å². The van der Waals surface area contributed by atoms with E-state index in [-0.39, 0.29) is 0 Å². The number of aromatic nitrogens is 2. The number of hydrogen-bond donors (Lipinski definition) is 1. The van der Waals surface area contributed by atoms with Gasteiger partial charge in [0.2, 0.25) is 5.89 Å². The van der Waals surface area contributed by atoms with Crippen LogP contribution in [0.25, 0.3) is 17.1 Å². The number of para-hydroxylation sites is 1. The van der Waals surface area contributed by atoms with E-state index in [1.165, 1.54) is 0 Å². The highest BCUT2D eigenvalue weighted by atomic mass is 16.5. The monoisotopic (exact) mass is 478 g/mol. The lowest BCUT2D eigenvalue weighted by molar-refractivity contribution is 0.0696. The quantitative estimate of drug-likeness (QED) is 0.267. The molecule has 180 valence electrons. The molecule has 0 aliphatic rings. The maximum atomic E-state index is 11.9. The zero-order valence-corrected chi connectivity index (χ0v) is 19.9. The molecule has 1 N–H and O–H groups in total. The summed E-state index contributed by atoms with van der Waals surface area (Å²) in [6.07, 6.45) is 4.65. The van der Waals surface area contributed by atoms with E-state index < -0.39 is 5.97 Å². The molecular formula is C30H26N2O4. The summed E-state index contributed by atoms with van der Waals surface area (Å²) in [6, 6.07) is 27.3. The number of rotatable bonds is 9. The third-order valence-corrected chi connectivity index (χ3v) is 6.01. The third-order valence-electron chi connectivity index (χ3n) is 6.01. The fourth-order valence-corrected chi connectivity index (χ4v) is 4.17. The third kappa shape index (κ3) is 5.23. The van der Waals surface area contributed by atoms with Gasteiger partial charge in [-0.3, -0.25) is 0 Å². The number of ether oxygens (including phenoxy) is 1. The van der Waals surface area contributed by atoms with Crippen LogP contribution < -0.4 is 4.74 Å². The van der Waals surface area contributed by atoms with E-state index in [0.29, 0.717) is 30.9 Å². The van der Waals surface area contributed by atoms with Gasteiger partial charge >= 0.3 is 5.97 Å². The molecule has 0 bridgehead atoms. The summed E-state index contributed by atoms with van der Waals surface area (Å²) in [7, 11) is 0. The minimum atomic E-state index is -0.940. The number of aromatic carboxylic acids is 1. The summed E-state index contributed by atoms with van der Waals surface area (Å²) in [5.74, 6) is 1.19. The van der Waals surface area contributed by atoms with Crippen molar-refractivity contribution in [1.29, 1.82) is 0 Å². The lowest BCUT2D eigenvalue weighted by Gasteiger charge is -2.08. The van der Waals surface area contributed by atoms with Crippen molar-refractivity contribution in [2.45, 2.75) is 19.8 Å². The molecule has 36 heavy (non-hydrogen) atoms. The molecule has 5 rings (SSSR count). The van der Waals surface area contributed by atoms with Gasteiger partial charge in [-0.15, -0.1) is 0 Å². The topological polar surface area (TPSA) is 77.5 Å². The lowest BCUT2D eigenvalue weighted by Crippen LogP contribution is -2.03. The number of oxazole rings is 1. The standard InChI is InChI=1S/C30H26N2O4/c1-21-28(31-29(36-21)23-10-4-2-5-11-23)15-16-35-26-14-8-9-22(18-26)17-24-19-32(20-27(24)30(33)34)25-12-6-3-7-13-25/h2-14,18-20H,15-17H2,1H3,(H,33,34). The molecule has 0 saturated heterocycles. The molecule has 2 aromatic heterocycles. The molecule has 5 aromatic rings. The Labute approximate surface area is 209 Å². The summed E-state index contributed by atoms with van der Waals surface area (Å²) in [5.41, 5.74) is 4.75. The van der Waals surface area contributed by atoms with E-state index in [4.69, 9.17) is 9.15 Å². The van der Waals surface area contributed by atoms with Gasteiger partial charge in [-0.2, -0.15) is 0 Å². The Hall–Kier alpha value is -4.58. The molecule has 0 fully saturated rings. The maximum absolute atomic E-state index is 11.9. The van der Waals surface area contributed by atoms with E-state index in [9.17, 15) is 9.90 Å². The fraction of sp³-hybridized carbons (Fsp3) is 0.133. The molecule has 0 aliphatic heterocycles. The highest BCUT2D eigenvalue weighted by molar-refractivity contribution is 5.89. The molecular weight excluding hydrogens is 452 g/mol. The second-order valence-corrected chi connectivity index (χ2v) is 8.56. The van der Waals surface area contributed by atoms with Gasteiger partial charge in [-0.25, -0.2) is 9.78 Å². The first kappa shape index (κ1) is 23.2. The molecule has 0 saturated carbocycles. The summed E-state index contributed by atoms with van der Waals surface area (Å²) < 4.78 is 13.7. The highest BCUT2D eigenvalue weighted by Gasteiger charge is 2.15. The van der Waals surface area contributed by atoms with Crippen LogP contribution in [0.15, 0.2) is 102 Å². The van der Waals surface area contributed by atoms with Gasteiger partial charge in [0.25, 0.3) is 0 Å². The molecule has 6 nitrogen and oxygen atoms in total. The van der Waals surface area contributed by atoms with Crippen LogP contribution in [0.1, 0.15) is 32.9 Å². The van der Waals surface area contributed by atoms with E-state index >= 15 is 0 Å². The van der Waals surface area contributed by atoms with Crippen LogP contribution in [-0.4, -0.2) is 27.2 Å². The van der Waals surface area contributed by atoms with E-state index in [1.807, 2.05) is 103 Å². The first-order chi connectivity index (χ1) is 17.6. The number of carboxylic acids is 1. The van der Waals surface area contributed by atoms with Crippen molar-refractivity contribution in [3.05, 3.63) is 125 Å². The number of aryl methyl sites for hydroxylation is 1. The normalized spacial score (nSPS) is 10.9. The average Bonchev–Trinajstić information content (AvgIpc) is 3.49. The fourth-order valence-electron chi connectivity index (χ4n) is 4.17. The van der Waals surface area contributed by atoms with Crippen molar-refractivity contribution >= 4 is 5.97 Å². The number of nitrogens with zero attached hydrogens (tertiary/aromatic N) is 2. The first-order valence-electron chi connectivity index (χ1n) is 11.8. The average molecular weight is 479 g/mol. The van der Waals surface area contributed by atoms with Crippen LogP contribution in [0.4, 0.5) is 0 Å². The summed E-state index contributed by atoms with van der Waals surface area (Å²) >= 11 is 0. The predicted octanol–water partition coefficient (Wildman–Crippen LogP) is 6.35. The minimum absolute atomic E-state index is 0.293. The van der Waals surface area contributed by atoms with Crippen molar-refractivity contribution in [3.8, 4) is 22.9 Å². The van der Waals surface area contributed by atoms with E-state index in [0.717, 1.165) is 39.6 Å². The molecule has 3 aromatic carbocycles. The summed E-state index contributed by atoms with van der Waals surface area (Å²) in [4.78, 5) is 16.5. The zero-order valence-electron chi connectivity index (χ0n) is 19.9. The predicted molar refractivity (Wildman–Crippen MR) is 138 cm³/mol. The molecule has 2 heterocycles. The van der Waals surface area contributed by atoms with Gasteiger partial charge < -0.3 is 18.8 Å². The maximum Gasteiger partial charge on any atom is 0.337 e. The van der Waals surface area contributed by atoms with Crippen molar-refractivity contribution in [3.63, 3.8) is 0 Å². The van der Waals surface area contributed by atoms with E-state index in [2.05, 4.69) is 4.98 Å². The van der Waals surface area contributed by atoms with Crippen LogP contribution in [0.5, 0.6) is 5.75 Å². The van der Waals surface area contributed by atoms with E-state index in [1.54, 1.807) is 6.20 Å². The Balaban J connectivity index is 1.26. The van der Waals surface area contributed by atoms with Crippen molar-refractivity contribution in [2.24, 2.45) is 0 Å². The Morgan fingerprint density at radius 1 is 0.972 bits per heavy atom. The molecule has 6 heteroatoms. The van der Waals surface area contributed by atoms with Crippen molar-refractivity contribution in [1.82, 2.24) is 9.55 Å². The number of hydrogen-bond acceptors (Lipinski definition) is 4. The Morgan fingerprint density at radius 3 is 2.47 bits per heavy atom. The first-order valence-corrected chi connectivity index (χ1v) is 11.8. The second-order valence-electron chi connectivity index (χ2n) is 8.56. The molecule has 0 amide bonds. The summed E-state index contributed by atoms with van der Waals surface area (Å²) in [6.45, 7) is 2.37. The van der Waals surface area contributed by atoms with Crippen LogP contribution >= 0.6 is 0 Å². The Bertz CT molecular complexity index is 1470. The summed E-state index contributed by atoms with van der Waals surface area (Å²) in [5, 5.41) is 9.73. The lowest BCUT2D eigenvalue weighted by atomic mass is 10.0. The van der Waals surface area contributed by atoms with Gasteiger partial charge in [0.15, 0.2) is 0 Å². The van der Waals surface area contributed by atoms with Crippen molar-refractivity contribution < 1.29 is 19.1 Å². The molecule has 0 radical (unpaired) electrons. The van der Waals surface area contributed by atoms with Gasteiger partial charge in [-0.1, -0.05) is 48.5 Å². The molecule has 0 unspecified atom stereocenters. The second kappa shape index (κ2) is 10.4. The van der Waals surface area contributed by atoms with Gasteiger partial charge in [0.1, 0.15) is 11.5 Å². The molecule has 0 spiro atoms. The smallest absolute Gasteiger partial charge is 0.337 e. The van der Waals surface area contributed by atoms with Crippen molar-refractivity contribution in [2.75, 3.05) is 6.61 Å². The largest absolute Gasteiger partial charge is 0.493 e. The van der Waals surface area contributed by atoms with Crippen LogP contribution in [0, 0.1) is 6.92 Å². The SMILES string of the molecule is Cc1oc(-c2ccccc2)nc1CCOc1cccc(Cc2cn(-c3ccccc3)cc2C(=O)O)c1. The minimum Gasteiger partial charge on any atom is -0.493 e. The zero-order chi connectivity index (χ0) is 24.9. The van der Waals surface area contributed by atoms with Gasteiger partial charge in [0, 0.05) is 30.1 Å². The number of benzene rings is 3. The molecule has 0 atom stereocenters. The Kier molecular flexibility index (Phi) is 6.67. The number of carboxylic acid groups (broad SMARTS) is 1. The highest BCUT2D eigenvalue weighted by Crippen LogP contribution is 2.24. The van der Waals surface area contributed by atoms with Crippen LogP contribution in [0.3, 0.4) is 0 Å². The van der Waals surface area contributed by atoms with Crippen LogP contribution in [0.2, 0.25) is 0 Å². The molecule has 0 aliphatic carbocycles.